The van der Waals surface area contributed by atoms with Crippen LogP contribution in [0.2, 0.25) is 0 Å². The Bertz CT molecular complexity index is 1300. The second-order valence-corrected chi connectivity index (χ2v) is 10.0. The number of aromatic nitrogens is 3. The Balaban J connectivity index is 1.20. The molecule has 8 heteroatoms. The van der Waals surface area contributed by atoms with E-state index < -0.39 is 6.17 Å². The van der Waals surface area contributed by atoms with Gasteiger partial charge < -0.3 is 5.32 Å². The molecule has 1 saturated carbocycles. The fourth-order valence-corrected chi connectivity index (χ4v) is 4.62. The standard InChI is InChI=1S/C29H32FN5O2/c1-19(29(37)32-28-17-27(33-34-28)20-10-11-20)21-5-2-6-22(15-21)26-9-3-7-24(31-26)16-25(36)8-4-13-35-14-12-23(30)18-35/h2-9,15,17,19-20,23H,10-14,16,18H2,1H3,(H2,32,33,34,37)/b8-4+/t19-,23-/m0/s1. The molecular formula is C29H32FN5O2. The van der Waals surface area contributed by atoms with E-state index in [9.17, 15) is 14.0 Å². The van der Waals surface area contributed by atoms with Gasteiger partial charge in [0.15, 0.2) is 11.6 Å². The predicted molar refractivity (Wildman–Crippen MR) is 141 cm³/mol. The SMILES string of the molecule is C[C@H](C(=O)Nc1cc(C2CC2)[nH]n1)c1cccc(-c2cccc(CC(=O)/C=C/CN3CC[C@H](F)C3)n2)c1. The van der Waals surface area contributed by atoms with Crippen molar-refractivity contribution in [3.05, 3.63) is 77.6 Å². The summed E-state index contributed by atoms with van der Waals surface area (Å²) in [4.78, 5) is 32.0. The van der Waals surface area contributed by atoms with Gasteiger partial charge in [-0.15, -0.1) is 0 Å². The molecule has 2 aliphatic rings. The van der Waals surface area contributed by atoms with Crippen molar-refractivity contribution >= 4 is 17.5 Å². The van der Waals surface area contributed by atoms with Gasteiger partial charge in [-0.05, 0) is 56.0 Å². The molecule has 1 aromatic carbocycles. The molecule has 2 N–H and O–H groups in total. The van der Waals surface area contributed by atoms with Crippen molar-refractivity contribution < 1.29 is 14.0 Å². The summed E-state index contributed by atoms with van der Waals surface area (Å²) in [6, 6.07) is 15.3. The number of hydrogen-bond acceptors (Lipinski definition) is 5. The lowest BCUT2D eigenvalue weighted by Crippen LogP contribution is -2.21. The number of nitrogens with one attached hydrogen (secondary N) is 2. The van der Waals surface area contributed by atoms with Crippen molar-refractivity contribution in [3.8, 4) is 11.3 Å². The van der Waals surface area contributed by atoms with Crippen LogP contribution in [0.25, 0.3) is 11.3 Å². The Kier molecular flexibility index (Phi) is 7.55. The number of alkyl halides is 1. The largest absolute Gasteiger partial charge is 0.309 e. The van der Waals surface area contributed by atoms with Crippen LogP contribution in [-0.4, -0.2) is 57.6 Å². The van der Waals surface area contributed by atoms with Crippen molar-refractivity contribution in [1.82, 2.24) is 20.1 Å². The molecule has 2 fully saturated rings. The minimum absolute atomic E-state index is 0.0390. The number of carbonyl (C=O) groups excluding carboxylic acids is 2. The molecule has 7 nitrogen and oxygen atoms in total. The first kappa shape index (κ1) is 25.0. The topological polar surface area (TPSA) is 91.0 Å². The van der Waals surface area contributed by atoms with E-state index in [0.717, 1.165) is 29.1 Å². The van der Waals surface area contributed by atoms with Crippen molar-refractivity contribution in [2.45, 2.75) is 50.6 Å². The third kappa shape index (κ3) is 6.57. The van der Waals surface area contributed by atoms with E-state index in [1.807, 2.05) is 60.4 Å². The summed E-state index contributed by atoms with van der Waals surface area (Å²) in [5, 5.41) is 10.1. The maximum atomic E-state index is 13.3. The molecule has 0 bridgehead atoms. The maximum absolute atomic E-state index is 13.3. The fraction of sp³-hybridized carbons (Fsp3) is 0.379. The van der Waals surface area contributed by atoms with Gasteiger partial charge in [0.05, 0.1) is 18.0 Å². The van der Waals surface area contributed by atoms with Gasteiger partial charge in [0.2, 0.25) is 5.91 Å². The second-order valence-electron chi connectivity index (χ2n) is 10.0. The Morgan fingerprint density at radius 3 is 2.81 bits per heavy atom. The Morgan fingerprint density at radius 2 is 2.03 bits per heavy atom. The number of pyridine rings is 1. The van der Waals surface area contributed by atoms with E-state index >= 15 is 0 Å². The molecule has 192 valence electrons. The first-order valence-corrected chi connectivity index (χ1v) is 12.9. The average Bonchev–Trinajstić information content (AvgIpc) is 3.51. The van der Waals surface area contributed by atoms with Crippen LogP contribution in [0.15, 0.2) is 60.7 Å². The van der Waals surface area contributed by atoms with Crippen molar-refractivity contribution in [1.29, 1.82) is 0 Å². The zero-order valence-corrected chi connectivity index (χ0v) is 21.0. The highest BCUT2D eigenvalue weighted by atomic mass is 19.1. The molecule has 0 spiro atoms. The normalized spacial score (nSPS) is 18.8. The quantitative estimate of drug-likeness (QED) is 0.390. The smallest absolute Gasteiger partial charge is 0.232 e. The second kappa shape index (κ2) is 11.2. The monoisotopic (exact) mass is 501 g/mol. The van der Waals surface area contributed by atoms with Crippen LogP contribution in [0.3, 0.4) is 0 Å². The van der Waals surface area contributed by atoms with Crippen molar-refractivity contribution in [2.24, 2.45) is 0 Å². The third-order valence-corrected chi connectivity index (χ3v) is 6.99. The van der Waals surface area contributed by atoms with E-state index in [4.69, 9.17) is 0 Å². The number of rotatable bonds is 10. The van der Waals surface area contributed by atoms with Gasteiger partial charge >= 0.3 is 0 Å². The van der Waals surface area contributed by atoms with Gasteiger partial charge in [-0.3, -0.25) is 24.6 Å². The molecule has 2 atom stereocenters. The van der Waals surface area contributed by atoms with E-state index in [2.05, 4.69) is 20.5 Å². The predicted octanol–water partition coefficient (Wildman–Crippen LogP) is 4.80. The van der Waals surface area contributed by atoms with Crippen molar-refractivity contribution in [2.75, 3.05) is 25.0 Å². The van der Waals surface area contributed by atoms with Gasteiger partial charge in [-0.2, -0.15) is 5.10 Å². The molecule has 5 rings (SSSR count). The van der Waals surface area contributed by atoms with Crippen LogP contribution in [0.4, 0.5) is 10.2 Å². The zero-order chi connectivity index (χ0) is 25.8. The van der Waals surface area contributed by atoms with Crippen LogP contribution in [0.1, 0.15) is 55.0 Å². The van der Waals surface area contributed by atoms with E-state index in [1.165, 1.54) is 12.8 Å². The van der Waals surface area contributed by atoms with E-state index in [0.29, 0.717) is 36.9 Å². The minimum Gasteiger partial charge on any atom is -0.309 e. The highest BCUT2D eigenvalue weighted by Gasteiger charge is 2.26. The van der Waals surface area contributed by atoms with Gasteiger partial charge in [-0.1, -0.05) is 30.3 Å². The number of nitrogens with zero attached hydrogens (tertiary/aromatic N) is 3. The molecule has 1 aliphatic carbocycles. The van der Waals surface area contributed by atoms with Gasteiger partial charge in [0.25, 0.3) is 0 Å². The van der Waals surface area contributed by atoms with Gasteiger partial charge in [0, 0.05) is 48.6 Å². The maximum Gasteiger partial charge on any atom is 0.232 e. The van der Waals surface area contributed by atoms with Crippen LogP contribution < -0.4 is 5.32 Å². The van der Waals surface area contributed by atoms with E-state index in [1.54, 1.807) is 12.2 Å². The van der Waals surface area contributed by atoms with Gasteiger partial charge in [-0.25, -0.2) is 4.39 Å². The molecule has 2 aromatic heterocycles. The van der Waals surface area contributed by atoms with Gasteiger partial charge in [0.1, 0.15) is 6.17 Å². The summed E-state index contributed by atoms with van der Waals surface area (Å²) in [7, 11) is 0. The van der Waals surface area contributed by atoms with Crippen LogP contribution >= 0.6 is 0 Å². The molecular weight excluding hydrogens is 469 g/mol. The lowest BCUT2D eigenvalue weighted by Gasteiger charge is -2.13. The molecule has 3 aromatic rings. The first-order valence-electron chi connectivity index (χ1n) is 12.9. The molecule has 1 amide bonds. The molecule has 1 saturated heterocycles. The number of halogens is 1. The molecule has 0 unspecified atom stereocenters. The number of aromatic amines is 1. The number of benzene rings is 1. The number of carbonyl (C=O) groups is 2. The van der Waals surface area contributed by atoms with E-state index in [-0.39, 0.29) is 24.0 Å². The minimum atomic E-state index is -0.761. The Hall–Kier alpha value is -3.65. The van der Waals surface area contributed by atoms with Crippen LogP contribution in [-0.2, 0) is 16.0 Å². The number of anilines is 1. The molecule has 0 radical (unpaired) electrons. The zero-order valence-electron chi connectivity index (χ0n) is 21.0. The Labute approximate surface area is 216 Å². The molecule has 1 aliphatic heterocycles. The number of ketones is 1. The third-order valence-electron chi connectivity index (χ3n) is 6.99. The highest BCUT2D eigenvalue weighted by molar-refractivity contribution is 5.95. The summed E-state index contributed by atoms with van der Waals surface area (Å²) in [5.41, 5.74) is 4.25. The molecule has 3 heterocycles. The number of amides is 1. The lowest BCUT2D eigenvalue weighted by atomic mass is 9.97. The lowest BCUT2D eigenvalue weighted by molar-refractivity contribution is -0.117. The summed E-state index contributed by atoms with van der Waals surface area (Å²) >= 11 is 0. The number of H-pyrrole nitrogens is 1. The molecule has 37 heavy (non-hydrogen) atoms. The summed E-state index contributed by atoms with van der Waals surface area (Å²) in [5.74, 6) is 0.556. The highest BCUT2D eigenvalue weighted by Crippen LogP contribution is 2.39. The number of likely N-dealkylation sites (tertiary alicyclic amines) is 1. The number of hydrogen-bond donors (Lipinski definition) is 2. The van der Waals surface area contributed by atoms with Crippen LogP contribution in [0.5, 0.6) is 0 Å². The summed E-state index contributed by atoms with van der Waals surface area (Å²) in [6.45, 7) is 3.62. The number of allylic oxidation sites excluding steroid dienone is 1. The van der Waals surface area contributed by atoms with Crippen molar-refractivity contribution in [3.63, 3.8) is 0 Å². The summed E-state index contributed by atoms with van der Waals surface area (Å²) in [6.07, 6.45) is 5.70. The average molecular weight is 502 g/mol. The Morgan fingerprint density at radius 1 is 1.19 bits per heavy atom. The summed E-state index contributed by atoms with van der Waals surface area (Å²) < 4.78 is 13.3. The first-order chi connectivity index (χ1) is 17.9. The fourth-order valence-electron chi connectivity index (χ4n) is 4.62. The van der Waals surface area contributed by atoms with Crippen LogP contribution in [0, 0.1) is 0 Å².